The Bertz CT molecular complexity index is 819. The fraction of sp³-hybridized carbons (Fsp3) is 0.964. The molecular weight excluding hydrogens is 576 g/mol. The van der Waals surface area contributed by atoms with Gasteiger partial charge in [0.25, 0.3) is 0 Å². The summed E-state index contributed by atoms with van der Waals surface area (Å²) in [4.78, 5) is 11.5. The van der Waals surface area contributed by atoms with Crippen molar-refractivity contribution in [3.05, 3.63) is 0 Å². The van der Waals surface area contributed by atoms with Gasteiger partial charge in [0.2, 0.25) is 0 Å². The highest BCUT2D eigenvalue weighted by atomic mass is 16.6. The molecule has 0 amide bonds. The molecule has 15 nitrogen and oxygen atoms in total. The molecule has 3 saturated heterocycles. The van der Waals surface area contributed by atoms with Crippen LogP contribution in [0.3, 0.4) is 0 Å². The van der Waals surface area contributed by atoms with Crippen molar-refractivity contribution in [2.75, 3.05) is 60.5 Å². The maximum atomic E-state index is 11.5. The lowest BCUT2D eigenvalue weighted by molar-refractivity contribution is -0.229. The van der Waals surface area contributed by atoms with Gasteiger partial charge in [0, 0.05) is 45.2 Å². The smallest absolute Gasteiger partial charge is 0.335 e. The fourth-order valence-corrected chi connectivity index (χ4v) is 6.33. The van der Waals surface area contributed by atoms with Gasteiger partial charge in [-0.3, -0.25) is 0 Å². The average molecular weight is 627 g/mol. The molecule has 0 aromatic rings. The first-order chi connectivity index (χ1) is 20.5. The predicted octanol–water partition coefficient (Wildman–Crippen LogP) is -2.47. The number of carboxylic acid groups (broad SMARTS) is 1. The van der Waals surface area contributed by atoms with Crippen molar-refractivity contribution < 1.29 is 73.7 Å². The standard InChI is InChI=1S/C28H50O15/c1-14-8-15(10-37-2)22(30)20(41-14)12-39-6-4-16-23(31)18(9-29)42-21(24(16)32)13-40-7-5-17-25(33)19(11-38-3)43-27(26(17)34)28(35)36/h14-27,29-34H,4-13H2,1-3H3,(H,35,36)/t14?,15?,16?,17?,18?,19-,20-,21-,22?,23+,24?,25?,26+,27?/m0/s1. The van der Waals surface area contributed by atoms with E-state index < -0.39 is 85.5 Å². The summed E-state index contributed by atoms with van der Waals surface area (Å²) in [7, 11) is 2.96. The summed E-state index contributed by atoms with van der Waals surface area (Å²) in [6, 6.07) is 0. The Kier molecular flexibility index (Phi) is 14.9. The van der Waals surface area contributed by atoms with E-state index in [1.807, 2.05) is 6.92 Å². The van der Waals surface area contributed by atoms with Crippen LogP contribution in [0.1, 0.15) is 26.2 Å². The lowest BCUT2D eigenvalue weighted by Crippen LogP contribution is -2.58. The first-order valence-electron chi connectivity index (χ1n) is 14.9. The van der Waals surface area contributed by atoms with Crippen molar-refractivity contribution >= 4 is 5.97 Å². The third kappa shape index (κ3) is 9.48. The Balaban J connectivity index is 1.49. The molecule has 0 aromatic heterocycles. The molecule has 0 saturated carbocycles. The number of rotatable bonds is 16. The molecule has 252 valence electrons. The second-order valence-electron chi connectivity index (χ2n) is 11.7. The number of carboxylic acids is 1. The molecule has 0 aliphatic carbocycles. The van der Waals surface area contributed by atoms with Gasteiger partial charge in [0.1, 0.15) is 24.4 Å². The molecule has 3 fully saturated rings. The van der Waals surface area contributed by atoms with E-state index in [1.165, 1.54) is 7.11 Å². The zero-order chi connectivity index (χ0) is 31.7. The third-order valence-electron chi connectivity index (χ3n) is 8.67. The minimum atomic E-state index is -1.53. The van der Waals surface area contributed by atoms with Crippen molar-refractivity contribution in [1.82, 2.24) is 0 Å². The van der Waals surface area contributed by atoms with Crippen LogP contribution in [0.4, 0.5) is 0 Å². The number of carbonyl (C=O) groups is 1. The summed E-state index contributed by atoms with van der Waals surface area (Å²) in [5.41, 5.74) is 0. The Morgan fingerprint density at radius 3 is 1.74 bits per heavy atom. The number of aliphatic hydroxyl groups excluding tert-OH is 6. The lowest BCUT2D eigenvalue weighted by Gasteiger charge is -2.43. The van der Waals surface area contributed by atoms with E-state index in [9.17, 15) is 40.5 Å². The van der Waals surface area contributed by atoms with Crippen LogP contribution in [0.15, 0.2) is 0 Å². The SMILES string of the molecule is COCC1CC(C)O[C@@H](COCCC2C(O)[C@H](COCCC3C(O)[C@H](COC)OC(C(=O)O)[C@@H]3O)OC(CO)[C@@H]2O)C1O. The molecule has 0 spiro atoms. The predicted molar refractivity (Wildman–Crippen MR) is 146 cm³/mol. The lowest BCUT2D eigenvalue weighted by atomic mass is 9.83. The van der Waals surface area contributed by atoms with E-state index in [-0.39, 0.29) is 57.9 Å². The minimum Gasteiger partial charge on any atom is -0.479 e. The van der Waals surface area contributed by atoms with Gasteiger partial charge >= 0.3 is 5.97 Å². The van der Waals surface area contributed by atoms with Crippen LogP contribution in [0.25, 0.3) is 0 Å². The third-order valence-corrected chi connectivity index (χ3v) is 8.67. The Hall–Kier alpha value is -1.05. The molecule has 3 heterocycles. The number of hydrogen-bond donors (Lipinski definition) is 7. The molecule has 0 aromatic carbocycles. The number of ether oxygens (including phenoxy) is 7. The highest BCUT2D eigenvalue weighted by molar-refractivity contribution is 5.73. The van der Waals surface area contributed by atoms with Crippen LogP contribution in [-0.2, 0) is 38.0 Å². The van der Waals surface area contributed by atoms with E-state index in [0.717, 1.165) is 0 Å². The number of hydrogen-bond acceptors (Lipinski definition) is 14. The Morgan fingerprint density at radius 2 is 1.21 bits per heavy atom. The van der Waals surface area contributed by atoms with Crippen LogP contribution < -0.4 is 0 Å². The summed E-state index contributed by atoms with van der Waals surface area (Å²) < 4.78 is 38.5. The molecule has 7 N–H and O–H groups in total. The van der Waals surface area contributed by atoms with Crippen LogP contribution in [0.5, 0.6) is 0 Å². The van der Waals surface area contributed by atoms with Crippen LogP contribution in [0, 0.1) is 17.8 Å². The van der Waals surface area contributed by atoms with Crippen molar-refractivity contribution in [2.24, 2.45) is 17.8 Å². The minimum absolute atomic E-state index is 0.0102. The van der Waals surface area contributed by atoms with Gasteiger partial charge in [-0.15, -0.1) is 0 Å². The maximum absolute atomic E-state index is 11.5. The van der Waals surface area contributed by atoms with Crippen molar-refractivity contribution in [2.45, 2.75) is 93.3 Å². The van der Waals surface area contributed by atoms with Crippen LogP contribution >= 0.6 is 0 Å². The van der Waals surface area contributed by atoms with Gasteiger partial charge in [-0.1, -0.05) is 0 Å². The van der Waals surface area contributed by atoms with Crippen LogP contribution in [-0.4, -0.2) is 169 Å². The highest BCUT2D eigenvalue weighted by Gasteiger charge is 2.48. The van der Waals surface area contributed by atoms with E-state index in [2.05, 4.69) is 0 Å². The monoisotopic (exact) mass is 626 g/mol. The number of aliphatic hydroxyl groups is 6. The normalized spacial score (nSPS) is 42.2. The highest BCUT2D eigenvalue weighted by Crippen LogP contribution is 2.32. The number of methoxy groups -OCH3 is 2. The van der Waals surface area contributed by atoms with E-state index in [1.54, 1.807) is 7.11 Å². The molecule has 9 unspecified atom stereocenters. The molecule has 14 atom stereocenters. The zero-order valence-corrected chi connectivity index (χ0v) is 25.1. The molecular formula is C28H50O15. The molecule has 3 rings (SSSR count). The van der Waals surface area contributed by atoms with Gasteiger partial charge < -0.3 is 68.9 Å². The molecule has 0 radical (unpaired) electrons. The summed E-state index contributed by atoms with van der Waals surface area (Å²) in [6.45, 7) is 1.92. The summed E-state index contributed by atoms with van der Waals surface area (Å²) in [5.74, 6) is -3.01. The second-order valence-corrected chi connectivity index (χ2v) is 11.7. The van der Waals surface area contributed by atoms with Crippen LogP contribution in [0.2, 0.25) is 0 Å². The summed E-state index contributed by atoms with van der Waals surface area (Å²) >= 11 is 0. The fourth-order valence-electron chi connectivity index (χ4n) is 6.33. The first kappa shape index (κ1) is 36.4. The quantitative estimate of drug-likeness (QED) is 0.0882. The summed E-state index contributed by atoms with van der Waals surface area (Å²) in [5, 5.41) is 72.6. The topological polar surface area (TPSA) is 223 Å². The average Bonchev–Trinajstić information content (AvgIpc) is 2.96. The zero-order valence-electron chi connectivity index (χ0n) is 25.1. The van der Waals surface area contributed by atoms with Crippen molar-refractivity contribution in [3.8, 4) is 0 Å². The maximum Gasteiger partial charge on any atom is 0.335 e. The van der Waals surface area contributed by atoms with E-state index in [0.29, 0.717) is 13.0 Å². The van der Waals surface area contributed by atoms with E-state index >= 15 is 0 Å². The molecule has 0 bridgehead atoms. The van der Waals surface area contributed by atoms with E-state index in [4.69, 9.17) is 33.2 Å². The van der Waals surface area contributed by atoms with Gasteiger partial charge in [0.05, 0.1) is 69.7 Å². The summed E-state index contributed by atoms with van der Waals surface area (Å²) in [6.07, 6.45) is -9.71. The van der Waals surface area contributed by atoms with Crippen molar-refractivity contribution in [3.63, 3.8) is 0 Å². The second kappa shape index (κ2) is 17.6. The number of aliphatic carboxylic acids is 1. The Labute approximate surface area is 251 Å². The Morgan fingerprint density at radius 1 is 0.698 bits per heavy atom. The van der Waals surface area contributed by atoms with Gasteiger partial charge in [0.15, 0.2) is 6.10 Å². The molecule has 3 aliphatic rings. The molecule has 15 heteroatoms. The largest absolute Gasteiger partial charge is 0.479 e. The van der Waals surface area contributed by atoms with Gasteiger partial charge in [-0.05, 0) is 26.2 Å². The molecule has 3 aliphatic heterocycles. The first-order valence-corrected chi connectivity index (χ1v) is 14.9. The van der Waals surface area contributed by atoms with Gasteiger partial charge in [-0.25, -0.2) is 4.79 Å². The molecule has 43 heavy (non-hydrogen) atoms. The van der Waals surface area contributed by atoms with Gasteiger partial charge in [-0.2, -0.15) is 0 Å². The van der Waals surface area contributed by atoms with Crippen molar-refractivity contribution in [1.29, 1.82) is 0 Å².